The Hall–Kier alpha value is -1.87. The van der Waals surface area contributed by atoms with Crippen LogP contribution >= 0.6 is 23.8 Å². The molecule has 1 aliphatic rings. The van der Waals surface area contributed by atoms with Crippen molar-refractivity contribution in [3.8, 4) is 0 Å². The van der Waals surface area contributed by atoms with Crippen LogP contribution in [0.2, 0.25) is 5.02 Å². The molecule has 0 unspecified atom stereocenters. The highest BCUT2D eigenvalue weighted by atomic mass is 35.5. The Morgan fingerprint density at radius 1 is 1.33 bits per heavy atom. The van der Waals surface area contributed by atoms with Crippen LogP contribution in [-0.2, 0) is 11.0 Å². The molecule has 1 aliphatic heterocycles. The molecule has 0 spiro atoms. The second kappa shape index (κ2) is 7.35. The van der Waals surface area contributed by atoms with Crippen LogP contribution in [0.5, 0.6) is 0 Å². The Kier molecular flexibility index (Phi) is 5.66. The monoisotopic (exact) mass is 378 g/mol. The number of hydrogen-bond donors (Lipinski definition) is 2. The number of amides is 1. The molecule has 130 valence electrons. The molecule has 1 saturated heterocycles. The Morgan fingerprint density at radius 2 is 1.96 bits per heavy atom. The highest BCUT2D eigenvalue weighted by molar-refractivity contribution is 7.82. The van der Waals surface area contributed by atoms with Gasteiger partial charge in [0, 0.05) is 13.1 Å². The number of carbonyl (C=O) groups is 1. The van der Waals surface area contributed by atoms with Gasteiger partial charge in [-0.2, -0.15) is 18.3 Å². The van der Waals surface area contributed by atoms with Crippen molar-refractivity contribution in [2.45, 2.75) is 19.0 Å². The first-order chi connectivity index (χ1) is 11.2. The first-order valence-corrected chi connectivity index (χ1v) is 7.78. The number of hydrazone groups is 1. The fraction of sp³-hybridized carbons (Fsp3) is 0.357. The highest BCUT2D eigenvalue weighted by Crippen LogP contribution is 2.36. The first-order valence-electron chi connectivity index (χ1n) is 6.99. The van der Waals surface area contributed by atoms with Crippen LogP contribution in [0.25, 0.3) is 0 Å². The summed E-state index contributed by atoms with van der Waals surface area (Å²) in [5.41, 5.74) is 6.69. The lowest BCUT2D eigenvalue weighted by Crippen LogP contribution is -2.40. The van der Waals surface area contributed by atoms with Gasteiger partial charge >= 0.3 is 6.18 Å². The van der Waals surface area contributed by atoms with E-state index in [1.807, 2.05) is 0 Å². The van der Waals surface area contributed by atoms with E-state index in [0.717, 1.165) is 25.0 Å². The van der Waals surface area contributed by atoms with Gasteiger partial charge in [-0.05, 0) is 31.0 Å². The van der Waals surface area contributed by atoms with Crippen molar-refractivity contribution < 1.29 is 18.0 Å². The number of benzene rings is 1. The summed E-state index contributed by atoms with van der Waals surface area (Å²) in [6, 6.07) is 3.19. The molecule has 0 saturated carbocycles. The van der Waals surface area contributed by atoms with Crippen molar-refractivity contribution >= 4 is 46.1 Å². The SMILES string of the molecule is NC(=S)C(=NNc1ccc(Cl)c(C(F)(F)F)c1)C(=O)N1CCCC1. The summed E-state index contributed by atoms with van der Waals surface area (Å²) in [6.45, 7) is 1.14. The smallest absolute Gasteiger partial charge is 0.388 e. The van der Waals surface area contributed by atoms with Gasteiger partial charge in [-0.15, -0.1) is 0 Å². The Balaban J connectivity index is 2.23. The van der Waals surface area contributed by atoms with Crippen molar-refractivity contribution in [3.05, 3.63) is 28.8 Å². The van der Waals surface area contributed by atoms with E-state index in [1.54, 1.807) is 4.90 Å². The van der Waals surface area contributed by atoms with Gasteiger partial charge in [0.2, 0.25) is 0 Å². The van der Waals surface area contributed by atoms with Crippen LogP contribution in [0.1, 0.15) is 18.4 Å². The van der Waals surface area contributed by atoms with Gasteiger partial charge in [0.15, 0.2) is 5.71 Å². The van der Waals surface area contributed by atoms with Gasteiger partial charge in [0.1, 0.15) is 4.99 Å². The number of likely N-dealkylation sites (tertiary alicyclic amines) is 1. The third kappa shape index (κ3) is 4.35. The average Bonchev–Trinajstić information content (AvgIpc) is 3.01. The lowest BCUT2D eigenvalue weighted by Gasteiger charge is -2.16. The Morgan fingerprint density at radius 3 is 2.50 bits per heavy atom. The third-order valence-electron chi connectivity index (χ3n) is 3.40. The minimum Gasteiger partial charge on any atom is -0.388 e. The zero-order chi connectivity index (χ0) is 17.9. The summed E-state index contributed by atoms with van der Waals surface area (Å²) in [7, 11) is 0. The van der Waals surface area contributed by atoms with Gasteiger partial charge in [-0.25, -0.2) is 0 Å². The largest absolute Gasteiger partial charge is 0.417 e. The minimum absolute atomic E-state index is 0.00898. The number of nitrogens with one attached hydrogen (secondary N) is 1. The molecule has 1 aromatic carbocycles. The number of carbonyl (C=O) groups excluding carboxylic acids is 1. The molecule has 5 nitrogen and oxygen atoms in total. The molecule has 0 aliphatic carbocycles. The maximum atomic E-state index is 12.8. The maximum absolute atomic E-state index is 12.8. The van der Waals surface area contributed by atoms with Crippen molar-refractivity contribution in [1.82, 2.24) is 4.90 Å². The van der Waals surface area contributed by atoms with E-state index in [2.05, 4.69) is 10.5 Å². The zero-order valence-electron chi connectivity index (χ0n) is 12.4. The number of thiocarbonyl (C=S) groups is 1. The average molecular weight is 379 g/mol. The molecular weight excluding hydrogens is 365 g/mol. The van der Waals surface area contributed by atoms with Gasteiger partial charge < -0.3 is 10.6 Å². The standard InChI is InChI=1S/C14H14ClF3N4OS/c15-10-4-3-8(7-9(10)14(16,17)18)20-21-11(12(19)24)13(23)22-5-1-2-6-22/h3-4,7,20H,1-2,5-6H2,(H2,19,24). The molecule has 1 amide bonds. The number of hydrogen-bond acceptors (Lipinski definition) is 4. The van der Waals surface area contributed by atoms with Crippen molar-refractivity contribution in [2.75, 3.05) is 18.5 Å². The summed E-state index contributed by atoms with van der Waals surface area (Å²) in [5, 5.41) is 3.36. The molecule has 1 fully saturated rings. The number of halogens is 4. The maximum Gasteiger partial charge on any atom is 0.417 e. The van der Waals surface area contributed by atoms with Crippen molar-refractivity contribution in [3.63, 3.8) is 0 Å². The minimum atomic E-state index is -4.60. The highest BCUT2D eigenvalue weighted by Gasteiger charge is 2.33. The van der Waals surface area contributed by atoms with Crippen molar-refractivity contribution in [1.29, 1.82) is 0 Å². The van der Waals surface area contributed by atoms with E-state index >= 15 is 0 Å². The number of nitrogens with two attached hydrogens (primary N) is 1. The van der Waals surface area contributed by atoms with E-state index in [9.17, 15) is 18.0 Å². The summed E-state index contributed by atoms with van der Waals surface area (Å²) in [5.74, 6) is -0.447. The second-order valence-electron chi connectivity index (χ2n) is 5.13. The van der Waals surface area contributed by atoms with E-state index in [0.29, 0.717) is 13.1 Å². The van der Waals surface area contributed by atoms with Crippen LogP contribution in [0.4, 0.5) is 18.9 Å². The lowest BCUT2D eigenvalue weighted by atomic mass is 10.2. The van der Waals surface area contributed by atoms with E-state index in [4.69, 9.17) is 29.6 Å². The third-order valence-corrected chi connectivity index (χ3v) is 3.92. The molecule has 2 rings (SSSR count). The summed E-state index contributed by atoms with van der Waals surface area (Å²) >= 11 is 10.4. The fourth-order valence-electron chi connectivity index (χ4n) is 2.21. The number of nitrogens with zero attached hydrogens (tertiary/aromatic N) is 2. The quantitative estimate of drug-likeness (QED) is 0.480. The van der Waals surface area contributed by atoms with E-state index in [1.165, 1.54) is 6.07 Å². The number of alkyl halides is 3. The molecule has 10 heteroatoms. The van der Waals surface area contributed by atoms with Crippen LogP contribution in [0, 0.1) is 0 Å². The first kappa shape index (κ1) is 18.5. The molecule has 0 bridgehead atoms. The normalized spacial score (nSPS) is 15.5. The summed E-state index contributed by atoms with van der Waals surface area (Å²) in [6.07, 6.45) is -2.86. The molecule has 0 radical (unpaired) electrons. The molecule has 3 N–H and O–H groups in total. The molecular formula is C14H14ClF3N4OS. The summed E-state index contributed by atoms with van der Waals surface area (Å²) in [4.78, 5) is 13.6. The van der Waals surface area contributed by atoms with Gasteiger partial charge in [-0.3, -0.25) is 10.2 Å². The van der Waals surface area contributed by atoms with Gasteiger partial charge in [0.25, 0.3) is 5.91 Å². The number of anilines is 1. The van der Waals surface area contributed by atoms with Gasteiger partial charge in [0.05, 0.1) is 16.3 Å². The molecule has 1 heterocycles. The van der Waals surface area contributed by atoms with Crippen LogP contribution < -0.4 is 11.2 Å². The fourth-order valence-corrected chi connectivity index (χ4v) is 2.57. The topological polar surface area (TPSA) is 70.7 Å². The van der Waals surface area contributed by atoms with Crippen LogP contribution in [-0.4, -0.2) is 34.6 Å². The Labute approximate surface area is 146 Å². The van der Waals surface area contributed by atoms with Crippen molar-refractivity contribution in [2.24, 2.45) is 10.8 Å². The molecule has 24 heavy (non-hydrogen) atoms. The van der Waals surface area contributed by atoms with Gasteiger partial charge in [-0.1, -0.05) is 23.8 Å². The molecule has 1 aromatic rings. The summed E-state index contributed by atoms with van der Waals surface area (Å²) < 4.78 is 38.5. The number of rotatable bonds is 4. The lowest BCUT2D eigenvalue weighted by molar-refractivity contribution is -0.137. The van der Waals surface area contributed by atoms with Crippen LogP contribution in [0.15, 0.2) is 23.3 Å². The van der Waals surface area contributed by atoms with E-state index in [-0.39, 0.29) is 16.4 Å². The predicted molar refractivity (Wildman–Crippen MR) is 90.1 cm³/mol. The predicted octanol–water partition coefficient (Wildman–Crippen LogP) is 3.04. The Bertz CT molecular complexity index is 687. The van der Waals surface area contributed by atoms with E-state index < -0.39 is 22.7 Å². The van der Waals surface area contributed by atoms with Crippen LogP contribution in [0.3, 0.4) is 0 Å². The second-order valence-corrected chi connectivity index (χ2v) is 5.98. The zero-order valence-corrected chi connectivity index (χ0v) is 13.9. The molecule has 0 atom stereocenters. The molecule has 0 aromatic heterocycles.